The Bertz CT molecular complexity index is 840. The highest BCUT2D eigenvalue weighted by Crippen LogP contribution is 2.37. The van der Waals surface area contributed by atoms with Crippen LogP contribution in [0.2, 0.25) is 0 Å². The lowest BCUT2D eigenvalue weighted by Gasteiger charge is -2.35. The van der Waals surface area contributed by atoms with E-state index in [9.17, 15) is 22.8 Å². The van der Waals surface area contributed by atoms with Crippen molar-refractivity contribution in [3.8, 4) is 5.75 Å². The van der Waals surface area contributed by atoms with E-state index < -0.39 is 35.4 Å². The molecular weight excluding hydrogens is 361 g/mol. The van der Waals surface area contributed by atoms with Crippen molar-refractivity contribution < 1.29 is 27.6 Å². The number of hydroxylamine groups is 2. The number of rotatable bonds is 4. The normalized spacial score (nSPS) is 20.4. The second kappa shape index (κ2) is 7.30. The summed E-state index contributed by atoms with van der Waals surface area (Å²) in [6.45, 7) is 0.123. The maximum absolute atomic E-state index is 13.0. The van der Waals surface area contributed by atoms with Crippen LogP contribution in [0, 0.1) is 5.92 Å². The first-order valence-electron chi connectivity index (χ1n) is 8.28. The number of hydrogen-bond donors (Lipinski definition) is 1. The molecule has 142 valence electrons. The zero-order chi connectivity index (χ0) is 19.6. The van der Waals surface area contributed by atoms with E-state index in [2.05, 4.69) is 0 Å². The zero-order valence-corrected chi connectivity index (χ0v) is 14.1. The van der Waals surface area contributed by atoms with Crippen LogP contribution in [0.3, 0.4) is 0 Å². The Balaban J connectivity index is 1.86. The molecule has 1 aliphatic heterocycles. The van der Waals surface area contributed by atoms with Crippen LogP contribution in [0.4, 0.5) is 13.2 Å². The van der Waals surface area contributed by atoms with Crippen molar-refractivity contribution in [1.29, 1.82) is 0 Å². The number of carbonyl (C=O) groups excluding carboxylic acids is 2. The van der Waals surface area contributed by atoms with E-state index >= 15 is 0 Å². The number of nitrogens with two attached hydrogens (primary N) is 1. The van der Waals surface area contributed by atoms with Crippen molar-refractivity contribution in [2.24, 2.45) is 11.7 Å². The molecule has 5 nitrogen and oxygen atoms in total. The number of piperidine rings is 1. The van der Waals surface area contributed by atoms with Gasteiger partial charge in [-0.2, -0.15) is 18.2 Å². The molecule has 0 aromatic heterocycles. The van der Waals surface area contributed by atoms with E-state index in [1.54, 1.807) is 30.3 Å². The van der Waals surface area contributed by atoms with E-state index in [0.29, 0.717) is 5.75 Å². The number of halogens is 3. The van der Waals surface area contributed by atoms with Gasteiger partial charge in [0.1, 0.15) is 5.92 Å². The highest BCUT2D eigenvalue weighted by atomic mass is 19.4. The summed E-state index contributed by atoms with van der Waals surface area (Å²) in [5.41, 5.74) is 4.82. The van der Waals surface area contributed by atoms with Crippen LogP contribution in [-0.4, -0.2) is 23.4 Å². The number of para-hydroxylation sites is 1. The smallest absolute Gasteiger partial charge is 0.377 e. The molecule has 3 rings (SSSR count). The molecule has 2 aromatic carbocycles. The maximum atomic E-state index is 13.0. The first-order valence-corrected chi connectivity index (χ1v) is 8.28. The molecule has 8 heteroatoms. The van der Waals surface area contributed by atoms with Crippen LogP contribution in [0.5, 0.6) is 5.75 Å². The monoisotopic (exact) mass is 378 g/mol. The summed E-state index contributed by atoms with van der Waals surface area (Å²) in [7, 11) is 0. The zero-order valence-electron chi connectivity index (χ0n) is 14.1. The molecule has 2 atom stereocenters. The summed E-state index contributed by atoms with van der Waals surface area (Å²) in [5.74, 6) is -3.20. The predicted molar refractivity (Wildman–Crippen MR) is 90.3 cm³/mol. The van der Waals surface area contributed by atoms with Gasteiger partial charge in [-0.05, 0) is 30.2 Å². The van der Waals surface area contributed by atoms with Crippen LogP contribution in [0.25, 0.3) is 0 Å². The Labute approximate surface area is 153 Å². The number of benzene rings is 2. The summed E-state index contributed by atoms with van der Waals surface area (Å²) in [6.07, 6.45) is -4.27. The summed E-state index contributed by atoms with van der Waals surface area (Å²) >= 11 is 0. The third-order valence-electron chi connectivity index (χ3n) is 4.46. The first-order chi connectivity index (χ1) is 12.8. The minimum absolute atomic E-state index is 0.123. The lowest BCUT2D eigenvalue weighted by atomic mass is 9.79. The number of hydrogen-bond acceptors (Lipinski definition) is 3. The first kappa shape index (κ1) is 18.8. The molecule has 2 amide bonds. The molecule has 1 fully saturated rings. The average Bonchev–Trinajstić information content (AvgIpc) is 2.63. The van der Waals surface area contributed by atoms with Gasteiger partial charge in [-0.15, -0.1) is 0 Å². The lowest BCUT2D eigenvalue weighted by molar-refractivity contribution is -0.170. The second-order valence-electron chi connectivity index (χ2n) is 6.24. The molecule has 0 saturated carbocycles. The lowest BCUT2D eigenvalue weighted by Crippen LogP contribution is -2.51. The molecule has 1 heterocycles. The van der Waals surface area contributed by atoms with Crippen LogP contribution in [0.15, 0.2) is 54.6 Å². The average molecular weight is 378 g/mol. The SMILES string of the molecule is NC(=O)C1C(=O)N(Oc2ccccc2)CCC1c1cccc(C(F)(F)F)c1. The van der Waals surface area contributed by atoms with Gasteiger partial charge in [0.25, 0.3) is 5.91 Å². The van der Waals surface area contributed by atoms with Crippen molar-refractivity contribution in [2.75, 3.05) is 6.54 Å². The van der Waals surface area contributed by atoms with Crippen molar-refractivity contribution in [1.82, 2.24) is 5.06 Å². The van der Waals surface area contributed by atoms with Gasteiger partial charge in [0.05, 0.1) is 12.1 Å². The van der Waals surface area contributed by atoms with Gasteiger partial charge in [0.2, 0.25) is 5.91 Å². The molecule has 0 bridgehead atoms. The molecule has 2 aromatic rings. The Morgan fingerprint density at radius 1 is 1.11 bits per heavy atom. The fourth-order valence-corrected chi connectivity index (χ4v) is 3.18. The van der Waals surface area contributed by atoms with Gasteiger partial charge in [-0.25, -0.2) is 0 Å². The fourth-order valence-electron chi connectivity index (χ4n) is 3.18. The molecule has 27 heavy (non-hydrogen) atoms. The van der Waals surface area contributed by atoms with E-state index in [0.717, 1.165) is 17.2 Å². The predicted octanol–water partition coefficient (Wildman–Crippen LogP) is 3.12. The van der Waals surface area contributed by atoms with Crippen LogP contribution in [0.1, 0.15) is 23.5 Å². The molecule has 1 saturated heterocycles. The Kier molecular flexibility index (Phi) is 5.07. The quantitative estimate of drug-likeness (QED) is 0.831. The highest BCUT2D eigenvalue weighted by molar-refractivity contribution is 6.00. The van der Waals surface area contributed by atoms with Gasteiger partial charge < -0.3 is 10.6 Å². The number of carbonyl (C=O) groups is 2. The Hall–Kier alpha value is -3.03. The van der Waals surface area contributed by atoms with Crippen LogP contribution >= 0.6 is 0 Å². The highest BCUT2D eigenvalue weighted by Gasteiger charge is 2.43. The standard InChI is InChI=1S/C19H17F3N2O3/c20-19(21,22)13-6-4-5-12(11-13)15-9-10-24(18(26)16(15)17(23)25)27-14-7-2-1-3-8-14/h1-8,11,15-16H,9-10H2,(H2,23,25). The van der Waals surface area contributed by atoms with Crippen molar-refractivity contribution >= 4 is 11.8 Å². The Morgan fingerprint density at radius 2 is 1.81 bits per heavy atom. The fraction of sp³-hybridized carbons (Fsp3) is 0.263. The van der Waals surface area contributed by atoms with Gasteiger partial charge in [-0.3, -0.25) is 9.59 Å². The number of nitrogens with zero attached hydrogens (tertiary/aromatic N) is 1. The topological polar surface area (TPSA) is 72.6 Å². The number of amides is 2. The molecule has 0 radical (unpaired) electrons. The summed E-state index contributed by atoms with van der Waals surface area (Å²) in [6, 6.07) is 13.1. The minimum Gasteiger partial charge on any atom is -0.377 e. The van der Waals surface area contributed by atoms with Crippen molar-refractivity contribution in [2.45, 2.75) is 18.5 Å². The van der Waals surface area contributed by atoms with Crippen molar-refractivity contribution in [3.63, 3.8) is 0 Å². The molecule has 2 N–H and O–H groups in total. The molecular formula is C19H17F3N2O3. The van der Waals surface area contributed by atoms with Gasteiger partial charge in [-0.1, -0.05) is 36.4 Å². The number of primary amides is 1. The van der Waals surface area contributed by atoms with Crippen LogP contribution in [-0.2, 0) is 15.8 Å². The molecule has 0 aliphatic carbocycles. The summed E-state index contributed by atoms with van der Waals surface area (Å²) in [4.78, 5) is 30.1. The second-order valence-corrected chi connectivity index (χ2v) is 6.24. The van der Waals surface area contributed by atoms with Gasteiger partial charge in [0, 0.05) is 5.92 Å². The number of alkyl halides is 3. The third-order valence-corrected chi connectivity index (χ3v) is 4.46. The van der Waals surface area contributed by atoms with Gasteiger partial charge in [0.15, 0.2) is 5.75 Å². The maximum Gasteiger partial charge on any atom is 0.416 e. The summed E-state index contributed by atoms with van der Waals surface area (Å²) in [5, 5.41) is 1.04. The molecule has 0 spiro atoms. The minimum atomic E-state index is -4.51. The van der Waals surface area contributed by atoms with E-state index in [1.807, 2.05) is 0 Å². The third kappa shape index (κ3) is 4.05. The van der Waals surface area contributed by atoms with Gasteiger partial charge >= 0.3 is 6.18 Å². The largest absolute Gasteiger partial charge is 0.416 e. The van der Waals surface area contributed by atoms with E-state index in [4.69, 9.17) is 10.6 Å². The van der Waals surface area contributed by atoms with Crippen LogP contribution < -0.4 is 10.6 Å². The molecule has 2 unspecified atom stereocenters. The van der Waals surface area contributed by atoms with E-state index in [-0.39, 0.29) is 18.5 Å². The van der Waals surface area contributed by atoms with Crippen molar-refractivity contribution in [3.05, 3.63) is 65.7 Å². The Morgan fingerprint density at radius 3 is 2.44 bits per heavy atom. The van der Waals surface area contributed by atoms with E-state index in [1.165, 1.54) is 12.1 Å². The summed E-state index contributed by atoms with van der Waals surface area (Å²) < 4.78 is 39.0. The molecule has 1 aliphatic rings.